The molecule has 13 heavy (non-hydrogen) atoms. The second kappa shape index (κ2) is 3.78. The van der Waals surface area contributed by atoms with Crippen molar-refractivity contribution in [2.75, 3.05) is 25.5 Å². The molecule has 1 spiro atoms. The van der Waals surface area contributed by atoms with E-state index < -0.39 is 0 Å². The molecule has 2 rings (SSSR count). The molecule has 76 valence electrons. The van der Waals surface area contributed by atoms with Crippen LogP contribution in [0.25, 0.3) is 0 Å². The van der Waals surface area contributed by atoms with Crippen LogP contribution < -0.4 is 0 Å². The maximum absolute atomic E-state index is 5.93. The van der Waals surface area contributed by atoms with E-state index in [1.165, 1.54) is 45.3 Å². The van der Waals surface area contributed by atoms with E-state index >= 15 is 0 Å². The highest BCUT2D eigenvalue weighted by Gasteiger charge is 2.42. The minimum absolute atomic E-state index is 0.676. The summed E-state index contributed by atoms with van der Waals surface area (Å²) in [6.45, 7) is 6.17. The maximum Gasteiger partial charge on any atom is 0.0251 e. The van der Waals surface area contributed by atoms with Gasteiger partial charge in [0.2, 0.25) is 0 Å². The Labute approximate surface area is 86.4 Å². The number of nitrogens with zero attached hydrogens (tertiary/aromatic N) is 1. The van der Waals surface area contributed by atoms with Crippen molar-refractivity contribution in [3.8, 4) is 0 Å². The summed E-state index contributed by atoms with van der Waals surface area (Å²) < 4.78 is 0. The molecule has 0 aromatic heterocycles. The molecule has 0 N–H and O–H groups in total. The zero-order valence-electron chi connectivity index (χ0n) is 8.56. The first-order valence-electron chi connectivity index (χ1n) is 5.56. The van der Waals surface area contributed by atoms with Gasteiger partial charge in [0.25, 0.3) is 0 Å². The molecule has 1 saturated carbocycles. The Morgan fingerprint density at radius 1 is 1.46 bits per heavy atom. The molecule has 2 atom stereocenters. The third kappa shape index (κ3) is 1.87. The van der Waals surface area contributed by atoms with Crippen molar-refractivity contribution in [1.82, 2.24) is 4.90 Å². The van der Waals surface area contributed by atoms with Gasteiger partial charge >= 0.3 is 0 Å². The fourth-order valence-electron chi connectivity index (χ4n) is 3.13. The van der Waals surface area contributed by atoms with Gasteiger partial charge < -0.3 is 4.90 Å². The number of alkyl halides is 1. The van der Waals surface area contributed by atoms with E-state index in [1.54, 1.807) is 0 Å². The van der Waals surface area contributed by atoms with Gasteiger partial charge in [-0.05, 0) is 50.1 Å². The van der Waals surface area contributed by atoms with Crippen molar-refractivity contribution in [3.63, 3.8) is 0 Å². The Morgan fingerprint density at radius 2 is 2.31 bits per heavy atom. The topological polar surface area (TPSA) is 3.24 Å². The van der Waals surface area contributed by atoms with Gasteiger partial charge in [0, 0.05) is 12.4 Å². The van der Waals surface area contributed by atoms with E-state index in [9.17, 15) is 0 Å². The lowest BCUT2D eigenvalue weighted by Gasteiger charge is -2.23. The fraction of sp³-hybridized carbons (Fsp3) is 1.00. The quantitative estimate of drug-likeness (QED) is 0.622. The lowest BCUT2D eigenvalue weighted by atomic mass is 9.85. The lowest BCUT2D eigenvalue weighted by Crippen LogP contribution is -2.25. The molecule has 1 aliphatic heterocycles. The van der Waals surface area contributed by atoms with Crippen LogP contribution in [0.2, 0.25) is 0 Å². The van der Waals surface area contributed by atoms with Crippen LogP contribution >= 0.6 is 11.6 Å². The van der Waals surface area contributed by atoms with Crippen LogP contribution in [0.4, 0.5) is 0 Å². The van der Waals surface area contributed by atoms with Crippen LogP contribution in [0.5, 0.6) is 0 Å². The molecule has 1 saturated heterocycles. The molecule has 1 heterocycles. The van der Waals surface area contributed by atoms with E-state index in [4.69, 9.17) is 11.6 Å². The van der Waals surface area contributed by atoms with Crippen molar-refractivity contribution >= 4 is 11.6 Å². The number of hydrogen-bond donors (Lipinski definition) is 0. The summed E-state index contributed by atoms with van der Waals surface area (Å²) in [7, 11) is 0. The van der Waals surface area contributed by atoms with Crippen LogP contribution in [0.1, 0.15) is 32.6 Å². The third-order valence-corrected chi connectivity index (χ3v) is 4.42. The minimum atomic E-state index is 0.676. The summed E-state index contributed by atoms with van der Waals surface area (Å²) in [5.74, 6) is 1.70. The van der Waals surface area contributed by atoms with E-state index in [0.29, 0.717) is 5.41 Å². The molecule has 1 aliphatic carbocycles. The van der Waals surface area contributed by atoms with Gasteiger partial charge in [-0.2, -0.15) is 0 Å². The second-order valence-electron chi connectivity index (χ2n) is 4.88. The molecule has 0 radical (unpaired) electrons. The Hall–Kier alpha value is 0.250. The van der Waals surface area contributed by atoms with Gasteiger partial charge in [-0.1, -0.05) is 6.92 Å². The van der Waals surface area contributed by atoms with E-state index in [2.05, 4.69) is 11.8 Å². The highest BCUT2D eigenvalue weighted by Crippen LogP contribution is 2.48. The van der Waals surface area contributed by atoms with Gasteiger partial charge in [-0.25, -0.2) is 0 Å². The molecular weight excluding hydrogens is 182 g/mol. The molecule has 0 unspecified atom stereocenters. The van der Waals surface area contributed by atoms with E-state index in [1.807, 2.05) is 0 Å². The molecule has 0 bridgehead atoms. The van der Waals surface area contributed by atoms with Crippen molar-refractivity contribution < 1.29 is 0 Å². The summed E-state index contributed by atoms with van der Waals surface area (Å²) in [5, 5.41) is 0. The number of rotatable bonds is 2. The van der Waals surface area contributed by atoms with Crippen molar-refractivity contribution in [2.24, 2.45) is 11.3 Å². The van der Waals surface area contributed by atoms with Gasteiger partial charge in [0.1, 0.15) is 0 Å². The first-order valence-corrected chi connectivity index (χ1v) is 6.10. The highest BCUT2D eigenvalue weighted by molar-refractivity contribution is 6.18. The summed E-state index contributed by atoms with van der Waals surface area (Å²) in [6, 6.07) is 0. The Kier molecular flexibility index (Phi) is 2.85. The summed E-state index contributed by atoms with van der Waals surface area (Å²) in [4.78, 5) is 2.59. The fourth-order valence-corrected chi connectivity index (χ4v) is 3.39. The second-order valence-corrected chi connectivity index (χ2v) is 5.19. The Bertz CT molecular complexity index is 161. The summed E-state index contributed by atoms with van der Waals surface area (Å²) >= 11 is 5.93. The van der Waals surface area contributed by atoms with Crippen LogP contribution in [0, 0.1) is 11.3 Å². The zero-order chi connectivity index (χ0) is 9.31. The van der Waals surface area contributed by atoms with Crippen LogP contribution in [-0.2, 0) is 0 Å². The monoisotopic (exact) mass is 201 g/mol. The highest BCUT2D eigenvalue weighted by atomic mass is 35.5. The number of hydrogen-bond acceptors (Lipinski definition) is 1. The number of halogens is 1. The zero-order valence-corrected chi connectivity index (χ0v) is 9.32. The van der Waals surface area contributed by atoms with Crippen molar-refractivity contribution in [2.45, 2.75) is 32.6 Å². The van der Waals surface area contributed by atoms with Crippen LogP contribution in [-0.4, -0.2) is 30.4 Å². The summed E-state index contributed by atoms with van der Waals surface area (Å²) in [6.07, 6.45) is 5.63. The molecule has 0 amide bonds. The van der Waals surface area contributed by atoms with Crippen molar-refractivity contribution in [1.29, 1.82) is 0 Å². The molecular formula is C11H20ClN. The first-order chi connectivity index (χ1) is 6.28. The largest absolute Gasteiger partial charge is 0.303 e. The van der Waals surface area contributed by atoms with Gasteiger partial charge in [-0.3, -0.25) is 0 Å². The Balaban J connectivity index is 1.93. The van der Waals surface area contributed by atoms with Gasteiger partial charge in [0.05, 0.1) is 0 Å². The Morgan fingerprint density at radius 3 is 2.85 bits per heavy atom. The van der Waals surface area contributed by atoms with Crippen LogP contribution in [0.15, 0.2) is 0 Å². The average Bonchev–Trinajstić information content (AvgIpc) is 2.74. The number of likely N-dealkylation sites (tertiary alicyclic amines) is 1. The third-order valence-electron chi connectivity index (χ3n) is 3.99. The van der Waals surface area contributed by atoms with Crippen LogP contribution in [0.3, 0.4) is 0 Å². The molecule has 0 aromatic carbocycles. The summed E-state index contributed by atoms with van der Waals surface area (Å²) in [5.41, 5.74) is 0.676. The predicted octanol–water partition coefficient (Wildman–Crippen LogP) is 2.74. The maximum atomic E-state index is 5.93. The normalized spacial score (nSPS) is 40.6. The predicted molar refractivity (Wildman–Crippen MR) is 57.2 cm³/mol. The first kappa shape index (κ1) is 9.79. The molecule has 2 heteroatoms. The lowest BCUT2D eigenvalue weighted by molar-refractivity contribution is 0.263. The minimum Gasteiger partial charge on any atom is -0.303 e. The molecule has 1 nitrogen and oxygen atoms in total. The molecule has 2 aliphatic rings. The smallest absolute Gasteiger partial charge is 0.0251 e. The SMILES string of the molecule is CCN1CC[C@]2(CC[C@H](CCl)C2)C1. The van der Waals surface area contributed by atoms with E-state index in [-0.39, 0.29) is 0 Å². The standard InChI is InChI=1S/C11H20ClN/c1-2-13-6-5-11(9-13)4-3-10(7-11)8-12/h10H,2-9H2,1H3/t10-,11-/m0/s1. The molecule has 2 fully saturated rings. The van der Waals surface area contributed by atoms with Gasteiger partial charge in [-0.15, -0.1) is 11.6 Å². The molecule has 0 aromatic rings. The van der Waals surface area contributed by atoms with Crippen molar-refractivity contribution in [3.05, 3.63) is 0 Å². The van der Waals surface area contributed by atoms with E-state index in [0.717, 1.165) is 11.8 Å². The average molecular weight is 202 g/mol. The van der Waals surface area contributed by atoms with Gasteiger partial charge in [0.15, 0.2) is 0 Å².